The van der Waals surface area contributed by atoms with Crippen molar-refractivity contribution in [2.45, 2.75) is 12.8 Å². The van der Waals surface area contributed by atoms with E-state index in [1.807, 2.05) is 54.6 Å². The third kappa shape index (κ3) is 4.84. The summed E-state index contributed by atoms with van der Waals surface area (Å²) in [7, 11) is 0. The Morgan fingerprint density at radius 1 is 0.964 bits per heavy atom. The normalized spacial score (nSPS) is 16.3. The van der Waals surface area contributed by atoms with E-state index in [2.05, 4.69) is 10.6 Å². The number of hydrogen-bond donors (Lipinski definition) is 2. The highest BCUT2D eigenvalue weighted by Crippen LogP contribution is 2.33. The summed E-state index contributed by atoms with van der Waals surface area (Å²) in [6, 6.07) is 13.4. The molecule has 0 radical (unpaired) electrons. The van der Waals surface area contributed by atoms with Crippen LogP contribution in [0.5, 0.6) is 11.5 Å². The number of ether oxygens (including phenoxy) is 3. The van der Waals surface area contributed by atoms with Gasteiger partial charge in [-0.1, -0.05) is 30.4 Å². The predicted octanol–water partition coefficient (Wildman–Crippen LogP) is 4.13. The summed E-state index contributed by atoms with van der Waals surface area (Å²) in [6.45, 7) is 2.54. The maximum atomic E-state index is 12.1. The molecule has 2 aliphatic rings. The molecule has 2 amide bonds. The van der Waals surface area contributed by atoms with Crippen LogP contribution in [0.1, 0.15) is 24.0 Å². The van der Waals surface area contributed by atoms with Crippen LogP contribution in [0.4, 0.5) is 10.5 Å². The van der Waals surface area contributed by atoms with Gasteiger partial charge in [-0.05, 0) is 54.2 Å². The second-order valence-corrected chi connectivity index (χ2v) is 6.96. The SMILES string of the molecule is O=C(NCC1CCOCC1)Nc1ccc(/C=C/c2ccc3c(c2)OCO3)cc1. The number of carbonyl (C=O) groups excluding carboxylic acids is 1. The highest BCUT2D eigenvalue weighted by atomic mass is 16.7. The van der Waals surface area contributed by atoms with Crippen molar-refractivity contribution in [2.75, 3.05) is 31.9 Å². The van der Waals surface area contributed by atoms with Gasteiger partial charge in [0.05, 0.1) is 0 Å². The highest BCUT2D eigenvalue weighted by Gasteiger charge is 2.14. The Balaban J connectivity index is 1.28. The maximum Gasteiger partial charge on any atom is 0.319 e. The van der Waals surface area contributed by atoms with Crippen molar-refractivity contribution in [3.05, 3.63) is 53.6 Å². The van der Waals surface area contributed by atoms with Gasteiger partial charge in [0.25, 0.3) is 0 Å². The molecule has 0 aliphatic carbocycles. The van der Waals surface area contributed by atoms with E-state index in [0.29, 0.717) is 12.5 Å². The average Bonchev–Trinajstić information content (AvgIpc) is 3.20. The smallest absolute Gasteiger partial charge is 0.319 e. The van der Waals surface area contributed by atoms with E-state index in [0.717, 1.165) is 54.4 Å². The molecule has 1 fully saturated rings. The summed E-state index contributed by atoms with van der Waals surface area (Å²) >= 11 is 0. The standard InChI is InChI=1S/C22H24N2O4/c25-22(23-14-18-9-11-26-12-10-18)24-19-6-3-16(4-7-19)1-2-17-5-8-20-21(13-17)28-15-27-20/h1-8,13,18H,9-12,14-15H2,(H2,23,24,25)/b2-1+. The molecule has 1 saturated heterocycles. The Morgan fingerprint density at radius 3 is 2.50 bits per heavy atom. The number of anilines is 1. The van der Waals surface area contributed by atoms with Gasteiger partial charge in [0, 0.05) is 25.4 Å². The Bertz CT molecular complexity index is 842. The average molecular weight is 380 g/mol. The molecule has 0 saturated carbocycles. The molecule has 146 valence electrons. The van der Waals surface area contributed by atoms with Crippen molar-refractivity contribution in [2.24, 2.45) is 5.92 Å². The Kier molecular flexibility index (Phi) is 5.77. The second-order valence-electron chi connectivity index (χ2n) is 6.96. The molecule has 2 aromatic rings. The summed E-state index contributed by atoms with van der Waals surface area (Å²) in [5, 5.41) is 5.82. The molecule has 0 bridgehead atoms. The lowest BCUT2D eigenvalue weighted by Gasteiger charge is -2.22. The van der Waals surface area contributed by atoms with Crippen molar-refractivity contribution in [3.8, 4) is 11.5 Å². The maximum absolute atomic E-state index is 12.1. The van der Waals surface area contributed by atoms with Crippen LogP contribution in [-0.2, 0) is 4.74 Å². The fourth-order valence-electron chi connectivity index (χ4n) is 3.25. The summed E-state index contributed by atoms with van der Waals surface area (Å²) in [5.74, 6) is 2.05. The van der Waals surface area contributed by atoms with Crippen LogP contribution < -0.4 is 20.1 Å². The van der Waals surface area contributed by atoms with E-state index in [1.54, 1.807) is 0 Å². The number of hydrogen-bond acceptors (Lipinski definition) is 4. The minimum absolute atomic E-state index is 0.171. The van der Waals surface area contributed by atoms with Crippen molar-refractivity contribution in [1.29, 1.82) is 0 Å². The van der Waals surface area contributed by atoms with Crippen molar-refractivity contribution in [1.82, 2.24) is 5.32 Å². The molecule has 6 heteroatoms. The van der Waals surface area contributed by atoms with Gasteiger partial charge in [0.15, 0.2) is 11.5 Å². The van der Waals surface area contributed by atoms with Gasteiger partial charge in [-0.15, -0.1) is 0 Å². The fraction of sp³-hybridized carbons (Fsp3) is 0.318. The van der Waals surface area contributed by atoms with Crippen LogP contribution in [0.3, 0.4) is 0 Å². The van der Waals surface area contributed by atoms with Crippen LogP contribution in [-0.4, -0.2) is 32.6 Å². The van der Waals surface area contributed by atoms with Gasteiger partial charge in [0.1, 0.15) is 0 Å². The summed E-state index contributed by atoms with van der Waals surface area (Å²) in [5.41, 5.74) is 2.86. The zero-order valence-electron chi connectivity index (χ0n) is 15.6. The molecule has 2 aromatic carbocycles. The third-order valence-electron chi connectivity index (χ3n) is 4.93. The second kappa shape index (κ2) is 8.80. The first kappa shape index (κ1) is 18.4. The lowest BCUT2D eigenvalue weighted by molar-refractivity contribution is 0.0671. The van der Waals surface area contributed by atoms with E-state index in [1.165, 1.54) is 0 Å². The number of amides is 2. The molecule has 0 atom stereocenters. The third-order valence-corrected chi connectivity index (χ3v) is 4.93. The van der Waals surface area contributed by atoms with Gasteiger partial charge >= 0.3 is 6.03 Å². The number of rotatable bonds is 5. The van der Waals surface area contributed by atoms with Crippen molar-refractivity contribution in [3.63, 3.8) is 0 Å². The molecule has 6 nitrogen and oxygen atoms in total. The molecule has 2 heterocycles. The molecule has 28 heavy (non-hydrogen) atoms. The lowest BCUT2D eigenvalue weighted by atomic mass is 10.0. The Labute approximate surface area is 164 Å². The molecule has 0 aromatic heterocycles. The Morgan fingerprint density at radius 2 is 1.68 bits per heavy atom. The predicted molar refractivity (Wildman–Crippen MR) is 108 cm³/mol. The van der Waals surface area contributed by atoms with Crippen molar-refractivity contribution >= 4 is 23.9 Å². The minimum Gasteiger partial charge on any atom is -0.454 e. The number of nitrogens with one attached hydrogen (secondary N) is 2. The van der Waals surface area contributed by atoms with Crippen LogP contribution in [0, 0.1) is 5.92 Å². The summed E-state index contributed by atoms with van der Waals surface area (Å²) in [4.78, 5) is 12.1. The number of benzene rings is 2. The molecule has 0 spiro atoms. The first-order valence-corrected chi connectivity index (χ1v) is 9.57. The molecular formula is C22H24N2O4. The quantitative estimate of drug-likeness (QED) is 0.765. The van der Waals surface area contributed by atoms with Crippen LogP contribution in [0.15, 0.2) is 42.5 Å². The lowest BCUT2D eigenvalue weighted by Crippen LogP contribution is -2.35. The molecule has 4 rings (SSSR count). The Hall–Kier alpha value is -2.99. The van der Waals surface area contributed by atoms with Crippen LogP contribution >= 0.6 is 0 Å². The molecule has 2 N–H and O–H groups in total. The summed E-state index contributed by atoms with van der Waals surface area (Å²) < 4.78 is 16.1. The molecule has 0 unspecified atom stereocenters. The van der Waals surface area contributed by atoms with Crippen LogP contribution in [0.2, 0.25) is 0 Å². The topological polar surface area (TPSA) is 68.8 Å². The van der Waals surface area contributed by atoms with E-state index in [4.69, 9.17) is 14.2 Å². The van der Waals surface area contributed by atoms with Crippen LogP contribution in [0.25, 0.3) is 12.2 Å². The summed E-state index contributed by atoms with van der Waals surface area (Å²) in [6.07, 6.45) is 6.05. The highest BCUT2D eigenvalue weighted by molar-refractivity contribution is 5.89. The van der Waals surface area contributed by atoms with Gasteiger partial charge in [-0.2, -0.15) is 0 Å². The molecule has 2 aliphatic heterocycles. The zero-order valence-corrected chi connectivity index (χ0v) is 15.6. The fourth-order valence-corrected chi connectivity index (χ4v) is 3.25. The van der Waals surface area contributed by atoms with E-state index >= 15 is 0 Å². The first-order chi connectivity index (χ1) is 13.8. The monoisotopic (exact) mass is 380 g/mol. The minimum atomic E-state index is -0.171. The van der Waals surface area contributed by atoms with Crippen molar-refractivity contribution < 1.29 is 19.0 Å². The van der Waals surface area contributed by atoms with Gasteiger partial charge in [-0.3, -0.25) is 0 Å². The first-order valence-electron chi connectivity index (χ1n) is 9.57. The van der Waals surface area contributed by atoms with E-state index in [9.17, 15) is 4.79 Å². The van der Waals surface area contributed by atoms with Gasteiger partial charge in [-0.25, -0.2) is 4.79 Å². The van der Waals surface area contributed by atoms with Gasteiger partial charge < -0.3 is 24.8 Å². The molecular weight excluding hydrogens is 356 g/mol. The van der Waals surface area contributed by atoms with E-state index < -0.39 is 0 Å². The largest absolute Gasteiger partial charge is 0.454 e. The van der Waals surface area contributed by atoms with E-state index in [-0.39, 0.29) is 12.8 Å². The zero-order chi connectivity index (χ0) is 19.2. The number of urea groups is 1. The number of carbonyl (C=O) groups is 1. The van der Waals surface area contributed by atoms with Gasteiger partial charge in [0.2, 0.25) is 6.79 Å². The number of fused-ring (bicyclic) bond motifs is 1.